The lowest BCUT2D eigenvalue weighted by Gasteiger charge is -2.10. The van der Waals surface area contributed by atoms with Crippen LogP contribution in [0.5, 0.6) is 11.5 Å². The van der Waals surface area contributed by atoms with Crippen molar-refractivity contribution in [2.75, 3.05) is 7.11 Å². The van der Waals surface area contributed by atoms with E-state index in [0.717, 1.165) is 16.9 Å². The molecule has 3 heteroatoms. The molecule has 0 fully saturated rings. The molecule has 0 radical (unpaired) electrons. The van der Waals surface area contributed by atoms with Gasteiger partial charge in [0.05, 0.1) is 19.6 Å². The first kappa shape index (κ1) is 13.0. The smallest absolute Gasteiger partial charge is 0.126 e. The Balaban J connectivity index is 2.07. The van der Waals surface area contributed by atoms with Gasteiger partial charge in [0.2, 0.25) is 0 Å². The van der Waals surface area contributed by atoms with E-state index in [0.29, 0.717) is 18.8 Å². The summed E-state index contributed by atoms with van der Waals surface area (Å²) in [6.07, 6.45) is 0.335. The summed E-state index contributed by atoms with van der Waals surface area (Å²) in [6.45, 7) is 0.515. The maximum atomic E-state index is 8.72. The molecule has 0 heterocycles. The highest BCUT2D eigenvalue weighted by atomic mass is 16.5. The zero-order chi connectivity index (χ0) is 13.5. The van der Waals surface area contributed by atoms with Crippen LogP contribution in [0.25, 0.3) is 0 Å². The molecule has 2 aromatic rings. The second-order valence-corrected chi connectivity index (χ2v) is 4.08. The Kier molecular flexibility index (Phi) is 4.41. The standard InChI is InChI=1S/C16H15NO2/c1-18-16-11-15(8-7-14(16)9-10-17)19-12-13-5-3-2-4-6-13/h2-8,11H,9,12H2,1H3. The Hall–Kier alpha value is -2.47. The number of nitrogens with zero attached hydrogens (tertiary/aromatic N) is 1. The van der Waals surface area contributed by atoms with Crippen molar-refractivity contribution in [1.82, 2.24) is 0 Å². The average molecular weight is 253 g/mol. The third-order valence-corrected chi connectivity index (χ3v) is 2.78. The molecule has 0 aliphatic rings. The van der Waals surface area contributed by atoms with Crippen LogP contribution in [0.15, 0.2) is 48.5 Å². The summed E-state index contributed by atoms with van der Waals surface area (Å²) in [5.41, 5.74) is 1.99. The van der Waals surface area contributed by atoms with Gasteiger partial charge in [-0.2, -0.15) is 5.26 Å². The molecular formula is C16H15NO2. The first-order valence-electron chi connectivity index (χ1n) is 6.04. The van der Waals surface area contributed by atoms with Crippen LogP contribution in [0.2, 0.25) is 0 Å². The fourth-order valence-corrected chi connectivity index (χ4v) is 1.79. The highest BCUT2D eigenvalue weighted by Gasteiger charge is 2.05. The van der Waals surface area contributed by atoms with Crippen LogP contribution < -0.4 is 9.47 Å². The van der Waals surface area contributed by atoms with Crippen LogP contribution in [0.4, 0.5) is 0 Å². The fraction of sp³-hybridized carbons (Fsp3) is 0.188. The predicted octanol–water partition coefficient (Wildman–Crippen LogP) is 3.34. The van der Waals surface area contributed by atoms with Gasteiger partial charge in [-0.05, 0) is 11.6 Å². The molecule has 0 aliphatic heterocycles. The van der Waals surface area contributed by atoms with Gasteiger partial charge in [0.15, 0.2) is 0 Å². The minimum absolute atomic E-state index is 0.335. The Labute approximate surface area is 113 Å². The highest BCUT2D eigenvalue weighted by Crippen LogP contribution is 2.25. The summed E-state index contributed by atoms with van der Waals surface area (Å²) < 4.78 is 11.0. The summed E-state index contributed by atoms with van der Waals surface area (Å²) in [5, 5.41) is 8.72. The Morgan fingerprint density at radius 3 is 2.58 bits per heavy atom. The largest absolute Gasteiger partial charge is 0.496 e. The number of benzene rings is 2. The van der Waals surface area contributed by atoms with E-state index in [1.807, 2.05) is 48.5 Å². The summed E-state index contributed by atoms with van der Waals surface area (Å²) in [7, 11) is 1.59. The van der Waals surface area contributed by atoms with Crippen molar-refractivity contribution in [3.8, 4) is 17.6 Å². The van der Waals surface area contributed by atoms with E-state index < -0.39 is 0 Å². The van der Waals surface area contributed by atoms with Crippen molar-refractivity contribution < 1.29 is 9.47 Å². The van der Waals surface area contributed by atoms with Crippen LogP contribution in [-0.4, -0.2) is 7.11 Å². The van der Waals surface area contributed by atoms with E-state index in [2.05, 4.69) is 6.07 Å². The molecule has 0 bridgehead atoms. The molecule has 0 unspecified atom stereocenters. The van der Waals surface area contributed by atoms with Crippen LogP contribution in [0.3, 0.4) is 0 Å². The van der Waals surface area contributed by atoms with E-state index in [1.165, 1.54) is 0 Å². The van der Waals surface area contributed by atoms with Crippen LogP contribution in [-0.2, 0) is 13.0 Å². The van der Waals surface area contributed by atoms with Gasteiger partial charge in [-0.15, -0.1) is 0 Å². The third kappa shape index (κ3) is 3.49. The first-order chi connectivity index (χ1) is 9.33. The molecule has 96 valence electrons. The van der Waals surface area contributed by atoms with Crippen molar-refractivity contribution in [2.45, 2.75) is 13.0 Å². The van der Waals surface area contributed by atoms with Gasteiger partial charge in [-0.3, -0.25) is 0 Å². The lowest BCUT2D eigenvalue weighted by molar-refractivity contribution is 0.303. The van der Waals surface area contributed by atoms with Gasteiger partial charge in [0.25, 0.3) is 0 Å². The Bertz CT molecular complexity index is 573. The lowest BCUT2D eigenvalue weighted by Crippen LogP contribution is -1.97. The molecule has 0 saturated carbocycles. The number of hydrogen-bond acceptors (Lipinski definition) is 3. The topological polar surface area (TPSA) is 42.2 Å². The SMILES string of the molecule is COc1cc(OCc2ccccc2)ccc1CC#N. The molecule has 3 nitrogen and oxygen atoms in total. The molecule has 0 aliphatic carbocycles. The number of ether oxygens (including phenoxy) is 2. The quantitative estimate of drug-likeness (QED) is 0.820. The van der Waals surface area contributed by atoms with E-state index in [-0.39, 0.29) is 0 Å². The molecule has 2 aromatic carbocycles. The molecule has 0 spiro atoms. The van der Waals surface area contributed by atoms with Crippen molar-refractivity contribution in [1.29, 1.82) is 5.26 Å². The van der Waals surface area contributed by atoms with E-state index in [1.54, 1.807) is 7.11 Å². The maximum absolute atomic E-state index is 8.72. The molecule has 0 amide bonds. The maximum Gasteiger partial charge on any atom is 0.126 e. The normalized spacial score (nSPS) is 9.68. The van der Waals surface area contributed by atoms with Crippen molar-refractivity contribution in [3.63, 3.8) is 0 Å². The summed E-state index contributed by atoms with van der Waals surface area (Å²) in [4.78, 5) is 0. The first-order valence-corrected chi connectivity index (χ1v) is 6.04. The Morgan fingerprint density at radius 1 is 1.11 bits per heavy atom. The number of rotatable bonds is 5. The number of nitriles is 1. The average Bonchev–Trinajstić information content (AvgIpc) is 2.47. The summed E-state index contributed by atoms with van der Waals surface area (Å²) in [5.74, 6) is 1.43. The second kappa shape index (κ2) is 6.46. The Morgan fingerprint density at radius 2 is 1.89 bits per heavy atom. The van der Waals surface area contributed by atoms with Gasteiger partial charge >= 0.3 is 0 Å². The minimum Gasteiger partial charge on any atom is -0.496 e. The highest BCUT2D eigenvalue weighted by molar-refractivity contribution is 5.42. The monoisotopic (exact) mass is 253 g/mol. The van der Waals surface area contributed by atoms with Gasteiger partial charge in [-0.1, -0.05) is 36.4 Å². The van der Waals surface area contributed by atoms with E-state index in [9.17, 15) is 0 Å². The van der Waals surface area contributed by atoms with Gasteiger partial charge in [0, 0.05) is 11.6 Å². The lowest BCUT2D eigenvalue weighted by atomic mass is 10.1. The van der Waals surface area contributed by atoms with Gasteiger partial charge in [0.1, 0.15) is 18.1 Å². The predicted molar refractivity (Wildman–Crippen MR) is 73.1 cm³/mol. The van der Waals surface area contributed by atoms with Crippen molar-refractivity contribution >= 4 is 0 Å². The van der Waals surface area contributed by atoms with Gasteiger partial charge < -0.3 is 9.47 Å². The number of methoxy groups -OCH3 is 1. The van der Waals surface area contributed by atoms with E-state index in [4.69, 9.17) is 14.7 Å². The van der Waals surface area contributed by atoms with Crippen molar-refractivity contribution in [2.24, 2.45) is 0 Å². The molecule has 0 aromatic heterocycles. The zero-order valence-corrected chi connectivity index (χ0v) is 10.8. The minimum atomic E-state index is 0.335. The van der Waals surface area contributed by atoms with Crippen LogP contribution in [0.1, 0.15) is 11.1 Å². The summed E-state index contributed by atoms with van der Waals surface area (Å²) >= 11 is 0. The second-order valence-electron chi connectivity index (χ2n) is 4.08. The zero-order valence-electron chi connectivity index (χ0n) is 10.8. The number of hydrogen-bond donors (Lipinski definition) is 0. The molecule has 0 atom stereocenters. The van der Waals surface area contributed by atoms with E-state index >= 15 is 0 Å². The molecular weight excluding hydrogens is 238 g/mol. The van der Waals surface area contributed by atoms with Gasteiger partial charge in [-0.25, -0.2) is 0 Å². The molecule has 0 saturated heterocycles. The molecule has 19 heavy (non-hydrogen) atoms. The molecule has 2 rings (SSSR count). The van der Waals surface area contributed by atoms with Crippen LogP contribution >= 0.6 is 0 Å². The molecule has 0 N–H and O–H groups in total. The fourth-order valence-electron chi connectivity index (χ4n) is 1.79. The van der Waals surface area contributed by atoms with Crippen molar-refractivity contribution in [3.05, 3.63) is 59.7 Å². The third-order valence-electron chi connectivity index (χ3n) is 2.78. The van der Waals surface area contributed by atoms with Crippen LogP contribution in [0, 0.1) is 11.3 Å². The summed E-state index contributed by atoms with van der Waals surface area (Å²) in [6, 6.07) is 17.6.